The second kappa shape index (κ2) is 8.47. The number of halogens is 3. The summed E-state index contributed by atoms with van der Waals surface area (Å²) >= 11 is 1.01. The number of methoxy groups -OCH3 is 1. The van der Waals surface area contributed by atoms with Crippen molar-refractivity contribution in [2.45, 2.75) is 19.5 Å². The maximum absolute atomic E-state index is 13.5. The summed E-state index contributed by atoms with van der Waals surface area (Å²) in [5.74, 6) is -1.18. The lowest BCUT2D eigenvalue weighted by molar-refractivity contribution is -0.0906. The average Bonchev–Trinajstić information content (AvgIpc) is 3.36. The van der Waals surface area contributed by atoms with Gasteiger partial charge in [0.15, 0.2) is 4.88 Å². The van der Waals surface area contributed by atoms with Crippen LogP contribution in [0.3, 0.4) is 0 Å². The number of esters is 1. The van der Waals surface area contributed by atoms with Crippen LogP contribution >= 0.6 is 11.3 Å². The lowest BCUT2D eigenvalue weighted by Crippen LogP contribution is -2.21. The number of phenolic OH excluding ortho intramolecular Hbond substituents is 1. The fourth-order valence-corrected chi connectivity index (χ4v) is 4.51. The molecule has 7 nitrogen and oxygen atoms in total. The van der Waals surface area contributed by atoms with E-state index in [2.05, 4.69) is 4.98 Å². The molecule has 11 heteroatoms. The molecule has 0 spiro atoms. The molecule has 33 heavy (non-hydrogen) atoms. The van der Waals surface area contributed by atoms with Crippen LogP contribution < -0.4 is 4.74 Å². The van der Waals surface area contributed by atoms with Gasteiger partial charge in [0.1, 0.15) is 23.7 Å². The Morgan fingerprint density at radius 2 is 2.12 bits per heavy atom. The van der Waals surface area contributed by atoms with Crippen molar-refractivity contribution in [3.8, 4) is 22.2 Å². The Balaban J connectivity index is 1.68. The van der Waals surface area contributed by atoms with E-state index in [1.165, 1.54) is 43.8 Å². The molecule has 1 aliphatic carbocycles. The van der Waals surface area contributed by atoms with Gasteiger partial charge in [-0.3, -0.25) is 4.57 Å². The lowest BCUT2D eigenvalue weighted by atomic mass is 9.91. The number of carbonyl (C=O) groups excluding carboxylic acids is 1. The molecular formula is C22H20F3N2O5S+. The highest BCUT2D eigenvalue weighted by atomic mass is 32.1. The van der Waals surface area contributed by atoms with Gasteiger partial charge < -0.3 is 19.7 Å². The number of aromatic hydroxyl groups is 1. The molecule has 1 aliphatic rings. The number of aromatic nitrogens is 2. The van der Waals surface area contributed by atoms with Crippen LogP contribution in [0.5, 0.6) is 17.2 Å². The topological polar surface area (TPSA) is 96.5 Å². The number of alkyl halides is 3. The summed E-state index contributed by atoms with van der Waals surface area (Å²) in [6, 6.07) is 4.28. The summed E-state index contributed by atoms with van der Waals surface area (Å²) in [7, 11) is 1.20. The summed E-state index contributed by atoms with van der Waals surface area (Å²) in [5.41, 5.74) is 0.206. The second-order valence-electron chi connectivity index (χ2n) is 7.55. The highest BCUT2D eigenvalue weighted by molar-refractivity contribution is 7.16. The van der Waals surface area contributed by atoms with Crippen molar-refractivity contribution in [1.29, 1.82) is 0 Å². The molecule has 2 heterocycles. The number of thiophene rings is 1. The first-order chi connectivity index (χ1) is 15.6. The van der Waals surface area contributed by atoms with Crippen LogP contribution in [0.1, 0.15) is 23.0 Å². The Hall–Kier alpha value is -3.47. The molecule has 0 saturated heterocycles. The molecule has 1 unspecified atom stereocenters. The third kappa shape index (κ3) is 4.40. The quantitative estimate of drug-likeness (QED) is 0.415. The Morgan fingerprint density at radius 1 is 1.36 bits per heavy atom. The molecule has 1 aromatic carbocycles. The Morgan fingerprint density at radius 3 is 2.82 bits per heavy atom. The van der Waals surface area contributed by atoms with Crippen LogP contribution in [-0.4, -0.2) is 45.6 Å². The zero-order valence-electron chi connectivity index (χ0n) is 17.6. The van der Waals surface area contributed by atoms with E-state index in [9.17, 15) is 23.1 Å². The first-order valence-corrected chi connectivity index (χ1v) is 10.7. The average molecular weight is 481 g/mol. The Kier molecular flexibility index (Phi) is 5.83. The van der Waals surface area contributed by atoms with Crippen molar-refractivity contribution < 1.29 is 37.7 Å². The van der Waals surface area contributed by atoms with Crippen LogP contribution in [-0.2, 0) is 4.74 Å². The highest BCUT2D eigenvalue weighted by Crippen LogP contribution is 2.39. The van der Waals surface area contributed by atoms with Gasteiger partial charge in [-0.15, -0.1) is 11.3 Å². The van der Waals surface area contributed by atoms with Gasteiger partial charge in [-0.25, -0.2) is 9.78 Å². The van der Waals surface area contributed by atoms with E-state index in [0.29, 0.717) is 22.5 Å². The number of nitrogens with zero attached hydrogens (tertiary/aromatic N) is 2. The number of fused-ring (bicyclic) bond motifs is 1. The first kappa shape index (κ1) is 22.7. The van der Waals surface area contributed by atoms with E-state index in [0.717, 1.165) is 11.3 Å². The van der Waals surface area contributed by atoms with Crippen LogP contribution in [0.2, 0.25) is 0 Å². The fourth-order valence-electron chi connectivity index (χ4n) is 3.51. The number of rotatable bonds is 5. The summed E-state index contributed by atoms with van der Waals surface area (Å²) in [6.07, 6.45) is 0.0887. The Bertz CT molecular complexity index is 1290. The van der Waals surface area contributed by atoms with Crippen LogP contribution in [0.25, 0.3) is 16.0 Å². The van der Waals surface area contributed by atoms with Crippen molar-refractivity contribution in [2.24, 2.45) is 5.92 Å². The maximum atomic E-state index is 13.5. The summed E-state index contributed by atoms with van der Waals surface area (Å²) in [6.45, 7) is 1.34. The molecule has 1 atom stereocenters. The van der Waals surface area contributed by atoms with Gasteiger partial charge in [-0.1, -0.05) is 19.1 Å². The van der Waals surface area contributed by atoms with Crippen molar-refractivity contribution in [2.75, 3.05) is 13.7 Å². The number of benzene rings is 1. The maximum Gasteiger partial charge on any atom is 0.416 e. The normalized spacial score (nSPS) is 16.5. The number of carbonyl (C=O) groups is 1. The fraction of sp³-hybridized carbons (Fsp3) is 0.273. The van der Waals surface area contributed by atoms with Crippen molar-refractivity contribution >= 4 is 28.3 Å². The molecule has 0 saturated carbocycles. The van der Waals surface area contributed by atoms with E-state index in [1.54, 1.807) is 11.5 Å². The first-order valence-electron chi connectivity index (χ1n) is 9.84. The van der Waals surface area contributed by atoms with Gasteiger partial charge in [0, 0.05) is 12.1 Å². The number of allylic oxidation sites excluding steroid dienone is 2. The molecule has 0 amide bonds. The largest absolute Gasteiger partial charge is 0.591 e. The minimum absolute atomic E-state index is 0.00476. The zero-order chi connectivity index (χ0) is 23.9. The second-order valence-corrected chi connectivity index (χ2v) is 8.58. The Labute approximate surface area is 190 Å². The molecule has 3 N–H and O–H groups in total. The molecule has 0 fully saturated rings. The summed E-state index contributed by atoms with van der Waals surface area (Å²) in [5, 5.41) is 18.1. The van der Waals surface area contributed by atoms with Crippen LogP contribution in [0.4, 0.5) is 13.2 Å². The molecule has 4 rings (SSSR count). The zero-order valence-corrected chi connectivity index (χ0v) is 18.4. The van der Waals surface area contributed by atoms with Crippen LogP contribution in [0, 0.1) is 5.92 Å². The lowest BCUT2D eigenvalue weighted by Gasteiger charge is -2.22. The molecule has 2 aromatic heterocycles. The molecule has 0 radical (unpaired) electrons. The van der Waals surface area contributed by atoms with E-state index in [-0.39, 0.29) is 40.2 Å². The van der Waals surface area contributed by atoms with Crippen molar-refractivity contribution in [1.82, 2.24) is 9.55 Å². The van der Waals surface area contributed by atoms with Crippen LogP contribution in [0.15, 0.2) is 47.8 Å². The summed E-state index contributed by atoms with van der Waals surface area (Å²) < 4.78 is 52.5. The van der Waals surface area contributed by atoms with E-state index in [1.807, 2.05) is 0 Å². The smallest absolute Gasteiger partial charge is 0.416 e. The van der Waals surface area contributed by atoms with Gasteiger partial charge in [-0.2, -0.15) is 13.2 Å². The molecular weight excluding hydrogens is 461 g/mol. The monoisotopic (exact) mass is 481 g/mol. The number of phenols is 1. The third-order valence-corrected chi connectivity index (χ3v) is 6.28. The van der Waals surface area contributed by atoms with Gasteiger partial charge in [-0.05, 0) is 17.9 Å². The molecule has 174 valence electrons. The number of ether oxygens (including phenoxy) is 2. The predicted molar refractivity (Wildman–Crippen MR) is 117 cm³/mol. The van der Waals surface area contributed by atoms with Gasteiger partial charge in [0.05, 0.1) is 29.8 Å². The summed E-state index contributed by atoms with van der Waals surface area (Å²) in [4.78, 5) is 16.6. The minimum Gasteiger partial charge on any atom is -0.591 e. The third-order valence-electron chi connectivity index (χ3n) is 5.18. The number of imidazole rings is 1. The highest BCUT2D eigenvalue weighted by Gasteiger charge is 2.37. The van der Waals surface area contributed by atoms with E-state index < -0.39 is 17.7 Å². The van der Waals surface area contributed by atoms with Crippen molar-refractivity contribution in [3.05, 3.63) is 52.7 Å². The van der Waals surface area contributed by atoms with Crippen molar-refractivity contribution in [3.63, 3.8) is 0 Å². The van der Waals surface area contributed by atoms with Gasteiger partial charge >= 0.3 is 12.1 Å². The molecule has 0 bridgehead atoms. The van der Waals surface area contributed by atoms with E-state index in [4.69, 9.17) is 14.6 Å². The SMILES string of the molecule is COC(=O)c1sc(-n2cnc3cc([OH2+])c(O)cc32)cc1OCC1=CCC(C)C=C1C(F)(F)F. The minimum atomic E-state index is -4.51. The molecule has 3 aromatic rings. The predicted octanol–water partition coefficient (Wildman–Crippen LogP) is 4.85. The molecule has 0 aliphatic heterocycles. The number of hydrogen-bond acceptors (Lipinski definition) is 6. The number of hydrogen-bond donors (Lipinski definition) is 1. The van der Waals surface area contributed by atoms with E-state index >= 15 is 0 Å². The van der Waals surface area contributed by atoms with Gasteiger partial charge in [0.25, 0.3) is 5.75 Å². The standard InChI is InChI=1S/C22H19F3N2O5S/c1-11-3-4-12(13(5-11)22(23,24)25)9-32-18-8-19(33-20(18)21(30)31-2)27-10-26-14-6-16(28)17(29)7-15(14)27/h4-8,10-11,28-29H,3,9H2,1-2H3/p+1. The van der Waals surface area contributed by atoms with Gasteiger partial charge in [0.2, 0.25) is 5.75 Å².